The number of aryl methyl sites for hydroxylation is 1. The molecular weight excluding hydrogens is 421 g/mol. The maximum Gasteiger partial charge on any atom is 0.358 e. The average Bonchev–Trinajstić information content (AvgIpc) is 3.26. The molecule has 166 valence electrons. The van der Waals surface area contributed by atoms with Gasteiger partial charge in [0.2, 0.25) is 0 Å². The highest BCUT2D eigenvalue weighted by molar-refractivity contribution is 6.04. The predicted octanol–water partition coefficient (Wildman–Crippen LogP) is 5.42. The van der Waals surface area contributed by atoms with Crippen molar-refractivity contribution in [2.45, 2.75) is 13.8 Å². The predicted molar refractivity (Wildman–Crippen MR) is 124 cm³/mol. The number of carbonyl (C=O) groups excluding carboxylic acids is 2. The summed E-state index contributed by atoms with van der Waals surface area (Å²) in [6.45, 7) is 3.95. The Morgan fingerprint density at radius 3 is 2.48 bits per heavy atom. The second-order valence-electron chi connectivity index (χ2n) is 7.38. The Hall–Kier alpha value is -4.26. The van der Waals surface area contributed by atoms with Gasteiger partial charge in [0.1, 0.15) is 5.82 Å². The number of hydrogen-bond acceptors (Lipinski definition) is 4. The summed E-state index contributed by atoms with van der Waals surface area (Å²) < 4.78 is 20.0. The molecule has 7 heteroatoms. The lowest BCUT2D eigenvalue weighted by molar-refractivity contribution is 0.0519. The van der Waals surface area contributed by atoms with Crippen LogP contribution in [0.1, 0.15) is 33.3 Å². The second-order valence-corrected chi connectivity index (χ2v) is 7.38. The van der Waals surface area contributed by atoms with Gasteiger partial charge in [-0.15, -0.1) is 0 Å². The van der Waals surface area contributed by atoms with Gasteiger partial charge < -0.3 is 10.1 Å². The number of para-hydroxylation sites is 1. The van der Waals surface area contributed by atoms with Crippen LogP contribution in [0.25, 0.3) is 16.9 Å². The quantitative estimate of drug-likeness (QED) is 0.404. The highest BCUT2D eigenvalue weighted by Gasteiger charge is 2.19. The molecule has 4 rings (SSSR count). The van der Waals surface area contributed by atoms with Gasteiger partial charge in [-0.2, -0.15) is 5.10 Å². The van der Waals surface area contributed by atoms with Crippen LogP contribution in [-0.2, 0) is 4.74 Å². The fourth-order valence-electron chi connectivity index (χ4n) is 3.44. The minimum atomic E-state index is -0.508. The van der Waals surface area contributed by atoms with Crippen LogP contribution in [0, 0.1) is 12.7 Å². The van der Waals surface area contributed by atoms with Gasteiger partial charge in [-0.1, -0.05) is 30.3 Å². The van der Waals surface area contributed by atoms with Crippen molar-refractivity contribution >= 4 is 17.6 Å². The van der Waals surface area contributed by atoms with Gasteiger partial charge in [0.05, 0.1) is 18.0 Å². The van der Waals surface area contributed by atoms with Crippen molar-refractivity contribution in [2.75, 3.05) is 11.9 Å². The van der Waals surface area contributed by atoms with E-state index in [9.17, 15) is 14.0 Å². The number of benzene rings is 3. The molecule has 0 bridgehead atoms. The van der Waals surface area contributed by atoms with E-state index in [1.807, 2.05) is 37.3 Å². The van der Waals surface area contributed by atoms with E-state index in [0.29, 0.717) is 16.9 Å². The molecule has 0 fully saturated rings. The lowest BCUT2D eigenvalue weighted by Gasteiger charge is -2.12. The van der Waals surface area contributed by atoms with E-state index < -0.39 is 11.8 Å². The first kappa shape index (κ1) is 22.0. The largest absolute Gasteiger partial charge is 0.461 e. The number of ether oxygens (including phenoxy) is 1. The SMILES string of the molecule is CCOC(=O)c1cc(-c2cccc(NC(=O)c3ccc(F)cc3)c2)n(-c2ccccc2C)n1. The molecule has 0 saturated heterocycles. The molecule has 0 unspecified atom stereocenters. The molecule has 0 spiro atoms. The van der Waals surface area contributed by atoms with Gasteiger partial charge in [-0.05, 0) is 67.9 Å². The van der Waals surface area contributed by atoms with Crippen molar-refractivity contribution in [1.82, 2.24) is 9.78 Å². The van der Waals surface area contributed by atoms with E-state index in [1.165, 1.54) is 24.3 Å². The van der Waals surface area contributed by atoms with Gasteiger partial charge in [0.15, 0.2) is 5.69 Å². The Kier molecular flexibility index (Phi) is 6.31. The number of amides is 1. The molecule has 6 nitrogen and oxygen atoms in total. The summed E-state index contributed by atoms with van der Waals surface area (Å²) in [6.07, 6.45) is 0. The zero-order chi connectivity index (χ0) is 23.4. The van der Waals surface area contributed by atoms with Crippen LogP contribution in [0.4, 0.5) is 10.1 Å². The van der Waals surface area contributed by atoms with Gasteiger partial charge in [-0.25, -0.2) is 13.9 Å². The monoisotopic (exact) mass is 443 g/mol. The van der Waals surface area contributed by atoms with Crippen molar-refractivity contribution < 1.29 is 18.7 Å². The molecule has 0 atom stereocenters. The Balaban J connectivity index is 1.72. The standard InChI is InChI=1S/C26H22FN3O3/c1-3-33-26(32)22-16-24(30(29-22)23-10-5-4-7-17(23)2)19-8-6-9-21(15-19)28-25(31)18-11-13-20(27)14-12-18/h4-16H,3H2,1-2H3,(H,28,31). The number of nitrogens with zero attached hydrogens (tertiary/aromatic N) is 2. The van der Waals surface area contributed by atoms with Gasteiger partial charge in [0, 0.05) is 16.8 Å². The van der Waals surface area contributed by atoms with Crippen LogP contribution >= 0.6 is 0 Å². The average molecular weight is 443 g/mol. The van der Waals surface area contributed by atoms with Crippen molar-refractivity contribution in [1.29, 1.82) is 0 Å². The molecule has 1 aromatic heterocycles. The van der Waals surface area contributed by atoms with Crippen LogP contribution in [0.5, 0.6) is 0 Å². The molecule has 4 aromatic rings. The normalized spacial score (nSPS) is 10.6. The first-order valence-electron chi connectivity index (χ1n) is 10.5. The van der Waals surface area contributed by atoms with Crippen LogP contribution in [-0.4, -0.2) is 28.3 Å². The molecule has 1 heterocycles. The van der Waals surface area contributed by atoms with Crippen LogP contribution in [0.15, 0.2) is 78.9 Å². The number of rotatable bonds is 6. The van der Waals surface area contributed by atoms with Gasteiger partial charge in [0.25, 0.3) is 5.91 Å². The highest BCUT2D eigenvalue weighted by Crippen LogP contribution is 2.28. The highest BCUT2D eigenvalue weighted by atomic mass is 19.1. The molecule has 33 heavy (non-hydrogen) atoms. The number of aromatic nitrogens is 2. The third-order valence-corrected chi connectivity index (χ3v) is 5.06. The van der Waals surface area contributed by atoms with Crippen LogP contribution in [0.3, 0.4) is 0 Å². The Bertz CT molecular complexity index is 1310. The van der Waals surface area contributed by atoms with E-state index in [2.05, 4.69) is 10.4 Å². The molecule has 0 aliphatic heterocycles. The molecular formula is C26H22FN3O3. The third-order valence-electron chi connectivity index (χ3n) is 5.06. The van der Waals surface area contributed by atoms with Crippen LogP contribution < -0.4 is 5.32 Å². The lowest BCUT2D eigenvalue weighted by Crippen LogP contribution is -2.11. The number of halogens is 1. The molecule has 0 aliphatic rings. The summed E-state index contributed by atoms with van der Waals surface area (Å²) in [6, 6.07) is 21.9. The summed E-state index contributed by atoms with van der Waals surface area (Å²) in [5.74, 6) is -1.27. The molecule has 0 saturated carbocycles. The topological polar surface area (TPSA) is 73.2 Å². The van der Waals surface area contributed by atoms with Crippen molar-refractivity contribution in [3.63, 3.8) is 0 Å². The summed E-state index contributed by atoms with van der Waals surface area (Å²) in [5.41, 5.74) is 4.31. The van der Waals surface area contributed by atoms with Gasteiger partial charge >= 0.3 is 5.97 Å². The summed E-state index contributed by atoms with van der Waals surface area (Å²) in [4.78, 5) is 24.9. The molecule has 0 radical (unpaired) electrons. The minimum absolute atomic E-state index is 0.191. The Morgan fingerprint density at radius 2 is 1.76 bits per heavy atom. The number of nitrogens with one attached hydrogen (secondary N) is 1. The van der Waals surface area contributed by atoms with E-state index in [4.69, 9.17) is 4.74 Å². The zero-order valence-corrected chi connectivity index (χ0v) is 18.2. The molecule has 1 N–H and O–H groups in total. The smallest absolute Gasteiger partial charge is 0.358 e. The number of esters is 1. The summed E-state index contributed by atoms with van der Waals surface area (Å²) in [7, 11) is 0. The third kappa shape index (κ3) is 4.82. The fraction of sp³-hybridized carbons (Fsp3) is 0.115. The molecule has 1 amide bonds. The number of carbonyl (C=O) groups is 2. The minimum Gasteiger partial charge on any atom is -0.461 e. The number of anilines is 1. The lowest BCUT2D eigenvalue weighted by atomic mass is 10.1. The van der Waals surface area contributed by atoms with E-state index in [0.717, 1.165) is 16.8 Å². The Labute approximate surface area is 190 Å². The summed E-state index contributed by atoms with van der Waals surface area (Å²) in [5, 5.41) is 7.33. The maximum absolute atomic E-state index is 13.2. The van der Waals surface area contributed by atoms with Crippen molar-refractivity contribution in [3.05, 3.63) is 102 Å². The molecule has 0 aliphatic carbocycles. The van der Waals surface area contributed by atoms with Crippen LogP contribution in [0.2, 0.25) is 0 Å². The second kappa shape index (κ2) is 9.48. The van der Waals surface area contributed by atoms with E-state index >= 15 is 0 Å². The molecule has 3 aromatic carbocycles. The Morgan fingerprint density at radius 1 is 1.00 bits per heavy atom. The van der Waals surface area contributed by atoms with E-state index in [-0.39, 0.29) is 18.2 Å². The van der Waals surface area contributed by atoms with Crippen molar-refractivity contribution in [3.8, 4) is 16.9 Å². The zero-order valence-electron chi connectivity index (χ0n) is 18.2. The number of hydrogen-bond donors (Lipinski definition) is 1. The first-order valence-corrected chi connectivity index (χ1v) is 10.5. The van der Waals surface area contributed by atoms with Gasteiger partial charge in [-0.3, -0.25) is 4.79 Å². The fourth-order valence-corrected chi connectivity index (χ4v) is 3.44. The maximum atomic E-state index is 13.2. The first-order chi connectivity index (χ1) is 16.0. The van der Waals surface area contributed by atoms with Crippen molar-refractivity contribution in [2.24, 2.45) is 0 Å². The van der Waals surface area contributed by atoms with E-state index in [1.54, 1.807) is 35.9 Å². The summed E-state index contributed by atoms with van der Waals surface area (Å²) >= 11 is 0.